The molecular weight excluding hydrogens is 452 g/mol. The normalized spacial score (nSPS) is 15.9. The lowest BCUT2D eigenvalue weighted by molar-refractivity contribution is -0.291. The van der Waals surface area contributed by atoms with Crippen LogP contribution in [0.5, 0.6) is 0 Å². The quantitative estimate of drug-likeness (QED) is 0.544. The van der Waals surface area contributed by atoms with Crippen LogP contribution in [0.2, 0.25) is 0 Å². The number of carbonyl (C=O) groups is 1. The summed E-state index contributed by atoms with van der Waals surface area (Å²) >= 11 is 0. The lowest BCUT2D eigenvalue weighted by atomic mass is 10.2. The number of alkyl halides is 5. The number of aryl methyl sites for hydroxylation is 1. The third-order valence-electron chi connectivity index (χ3n) is 5.43. The topological polar surface area (TPSA) is 53.7 Å². The fraction of sp³-hybridized carbons (Fsp3) is 0.381. The Morgan fingerprint density at radius 2 is 1.64 bits per heavy atom. The molecule has 0 bridgehead atoms. The van der Waals surface area contributed by atoms with Crippen LogP contribution in [0.1, 0.15) is 27.4 Å². The van der Waals surface area contributed by atoms with E-state index < -0.39 is 23.7 Å². The molecule has 33 heavy (non-hydrogen) atoms. The highest BCUT2D eigenvalue weighted by atomic mass is 19.4. The third-order valence-corrected chi connectivity index (χ3v) is 5.43. The highest BCUT2D eigenvalue weighted by Crippen LogP contribution is 2.43. The average molecular weight is 471 g/mol. The van der Waals surface area contributed by atoms with Crippen LogP contribution in [0.25, 0.3) is 5.65 Å². The zero-order chi connectivity index (χ0) is 24.0. The van der Waals surface area contributed by atoms with Crippen LogP contribution in [0.4, 0.5) is 26.3 Å². The van der Waals surface area contributed by atoms with Crippen LogP contribution in [0.15, 0.2) is 36.4 Å². The lowest BCUT2D eigenvalue weighted by Gasteiger charge is -2.34. The van der Waals surface area contributed by atoms with Gasteiger partial charge in [-0.05, 0) is 30.7 Å². The Morgan fingerprint density at radius 1 is 1.00 bits per heavy atom. The molecule has 0 radical (unpaired) electrons. The van der Waals surface area contributed by atoms with Gasteiger partial charge in [0.05, 0.1) is 0 Å². The number of rotatable bonds is 4. The maximum absolute atomic E-state index is 14.0. The third kappa shape index (κ3) is 4.52. The molecule has 1 saturated heterocycles. The fourth-order valence-corrected chi connectivity index (χ4v) is 3.69. The minimum atomic E-state index is -5.83. The van der Waals surface area contributed by atoms with E-state index in [0.29, 0.717) is 43.3 Å². The van der Waals surface area contributed by atoms with E-state index in [4.69, 9.17) is 0 Å². The average Bonchev–Trinajstić information content (AvgIpc) is 3.17. The van der Waals surface area contributed by atoms with Crippen molar-refractivity contribution in [1.82, 2.24) is 24.4 Å². The van der Waals surface area contributed by atoms with Crippen LogP contribution in [-0.2, 0) is 12.5 Å². The standard InChI is InChI=1S/C21H19F6N5O/c1-13-10-17(20(23,24)21(25,26)27)32-18(28-13)11-16(29-32)19(33)31-8-6-30(7-9-31)12-14-2-4-15(22)5-3-14/h2-5,10-11H,6-9,12H2,1H3. The van der Waals surface area contributed by atoms with E-state index in [2.05, 4.69) is 15.0 Å². The van der Waals surface area contributed by atoms with Crippen LogP contribution >= 0.6 is 0 Å². The molecule has 0 atom stereocenters. The fourth-order valence-electron chi connectivity index (χ4n) is 3.69. The van der Waals surface area contributed by atoms with Crippen LogP contribution in [0, 0.1) is 12.7 Å². The van der Waals surface area contributed by atoms with Crippen molar-refractivity contribution in [2.75, 3.05) is 26.2 Å². The smallest absolute Gasteiger partial charge is 0.335 e. The number of hydrogen-bond donors (Lipinski definition) is 0. The Bertz CT molecular complexity index is 1170. The molecule has 0 spiro atoms. The molecule has 0 aliphatic carbocycles. The van der Waals surface area contributed by atoms with E-state index in [9.17, 15) is 31.1 Å². The molecule has 1 aliphatic heterocycles. The molecule has 0 saturated carbocycles. The predicted molar refractivity (Wildman–Crippen MR) is 105 cm³/mol. The molecular formula is C21H19F6N5O. The summed E-state index contributed by atoms with van der Waals surface area (Å²) in [6, 6.07) is 7.79. The van der Waals surface area contributed by atoms with Crippen LogP contribution in [-0.4, -0.2) is 62.7 Å². The number of amides is 1. The molecule has 1 aromatic carbocycles. The van der Waals surface area contributed by atoms with Crippen molar-refractivity contribution < 1.29 is 31.1 Å². The van der Waals surface area contributed by atoms with Crippen molar-refractivity contribution in [3.8, 4) is 0 Å². The van der Waals surface area contributed by atoms with Gasteiger partial charge in [0.2, 0.25) is 0 Å². The second kappa shape index (κ2) is 8.32. The summed E-state index contributed by atoms with van der Waals surface area (Å²) in [4.78, 5) is 20.3. The zero-order valence-electron chi connectivity index (χ0n) is 17.4. The molecule has 2 aromatic heterocycles. The number of benzene rings is 1. The van der Waals surface area contributed by atoms with Gasteiger partial charge in [0.25, 0.3) is 5.91 Å². The summed E-state index contributed by atoms with van der Waals surface area (Å²) in [5.41, 5.74) is -1.09. The molecule has 1 aliphatic rings. The maximum Gasteiger partial charge on any atom is 0.459 e. The molecule has 176 valence electrons. The van der Waals surface area contributed by atoms with Gasteiger partial charge in [-0.15, -0.1) is 0 Å². The highest BCUT2D eigenvalue weighted by molar-refractivity contribution is 5.93. The van der Waals surface area contributed by atoms with Gasteiger partial charge in [-0.3, -0.25) is 9.69 Å². The van der Waals surface area contributed by atoms with E-state index in [1.807, 2.05) is 0 Å². The van der Waals surface area contributed by atoms with Gasteiger partial charge in [0.1, 0.15) is 11.5 Å². The van der Waals surface area contributed by atoms with Crippen LogP contribution in [0.3, 0.4) is 0 Å². The Balaban J connectivity index is 1.51. The summed E-state index contributed by atoms with van der Waals surface area (Å²) in [6.45, 7) is 3.48. The van der Waals surface area contributed by atoms with E-state index in [1.165, 1.54) is 24.0 Å². The molecule has 6 nitrogen and oxygen atoms in total. The van der Waals surface area contributed by atoms with E-state index >= 15 is 0 Å². The Hall–Kier alpha value is -3.15. The van der Waals surface area contributed by atoms with Crippen LogP contribution < -0.4 is 0 Å². The molecule has 1 amide bonds. The summed E-state index contributed by atoms with van der Waals surface area (Å²) in [5, 5.41) is 3.74. The van der Waals surface area contributed by atoms with Crippen molar-refractivity contribution in [1.29, 1.82) is 0 Å². The molecule has 0 unspecified atom stereocenters. The largest absolute Gasteiger partial charge is 0.459 e. The monoisotopic (exact) mass is 471 g/mol. The summed E-state index contributed by atoms with van der Waals surface area (Å²) in [6.07, 6.45) is -5.83. The van der Waals surface area contributed by atoms with Crippen molar-refractivity contribution in [2.45, 2.75) is 25.6 Å². The molecule has 3 aromatic rings. The van der Waals surface area contributed by atoms with Gasteiger partial charge in [-0.2, -0.15) is 27.1 Å². The molecule has 3 heterocycles. The van der Waals surface area contributed by atoms with Gasteiger partial charge in [0, 0.05) is 44.5 Å². The first-order valence-electron chi connectivity index (χ1n) is 10.0. The zero-order valence-corrected chi connectivity index (χ0v) is 17.4. The number of piperazine rings is 1. The number of carbonyl (C=O) groups excluding carboxylic acids is 1. The van der Waals surface area contributed by atoms with Gasteiger partial charge < -0.3 is 4.90 Å². The summed E-state index contributed by atoms with van der Waals surface area (Å²) < 4.78 is 80.3. The highest BCUT2D eigenvalue weighted by Gasteiger charge is 2.60. The SMILES string of the molecule is Cc1cc(C(F)(F)C(F)(F)F)n2nc(C(=O)N3CCN(Cc4ccc(F)cc4)CC3)cc2n1. The number of aromatic nitrogens is 3. The first-order chi connectivity index (χ1) is 15.5. The predicted octanol–water partition coefficient (Wildman–Crippen LogP) is 3.79. The Labute approximate surface area is 184 Å². The van der Waals surface area contributed by atoms with E-state index in [0.717, 1.165) is 11.6 Å². The van der Waals surface area contributed by atoms with Gasteiger partial charge in [0.15, 0.2) is 11.3 Å². The lowest BCUT2D eigenvalue weighted by Crippen LogP contribution is -2.48. The minimum absolute atomic E-state index is 0.0604. The van der Waals surface area contributed by atoms with E-state index in [1.54, 1.807) is 12.1 Å². The molecule has 1 fully saturated rings. The minimum Gasteiger partial charge on any atom is -0.335 e. The number of nitrogens with zero attached hydrogens (tertiary/aromatic N) is 5. The van der Waals surface area contributed by atoms with Crippen molar-refractivity contribution >= 4 is 11.6 Å². The Kier molecular flexibility index (Phi) is 5.81. The first-order valence-corrected chi connectivity index (χ1v) is 10.0. The molecule has 0 N–H and O–H groups in total. The summed E-state index contributed by atoms with van der Waals surface area (Å²) in [7, 11) is 0. The second-order valence-electron chi connectivity index (χ2n) is 7.85. The van der Waals surface area contributed by atoms with Crippen molar-refractivity contribution in [2.24, 2.45) is 0 Å². The van der Waals surface area contributed by atoms with Crippen molar-refractivity contribution in [3.05, 3.63) is 64.9 Å². The summed E-state index contributed by atoms with van der Waals surface area (Å²) in [5.74, 6) is -6.08. The number of fused-ring (bicyclic) bond motifs is 1. The molecule has 12 heteroatoms. The first kappa shape index (κ1) is 23.0. The Morgan fingerprint density at radius 3 is 2.24 bits per heavy atom. The van der Waals surface area contributed by atoms with Gasteiger partial charge >= 0.3 is 12.1 Å². The van der Waals surface area contributed by atoms with Gasteiger partial charge in [-0.25, -0.2) is 13.9 Å². The van der Waals surface area contributed by atoms with E-state index in [-0.39, 0.29) is 22.9 Å². The molecule has 4 rings (SSSR count). The maximum atomic E-state index is 14.0. The number of halogens is 6. The van der Waals surface area contributed by atoms with Gasteiger partial charge in [-0.1, -0.05) is 12.1 Å². The second-order valence-corrected chi connectivity index (χ2v) is 7.85. The van der Waals surface area contributed by atoms with Crippen molar-refractivity contribution in [3.63, 3.8) is 0 Å². The number of hydrogen-bond acceptors (Lipinski definition) is 4.